The minimum absolute atomic E-state index is 0.230. The molecular formula is C13H22O. The number of hydrogen-bond donors (Lipinski definition) is 1. The lowest BCUT2D eigenvalue weighted by Gasteiger charge is -2.09. The van der Waals surface area contributed by atoms with E-state index in [1.807, 2.05) is 0 Å². The summed E-state index contributed by atoms with van der Waals surface area (Å²) in [4.78, 5) is 0. The SMILES string of the molecule is CC(=C=C1CCCCC[C@H]1O)C(C)C. The smallest absolute Gasteiger partial charge is 0.0823 e. The quantitative estimate of drug-likeness (QED) is 0.501. The molecule has 14 heavy (non-hydrogen) atoms. The van der Waals surface area contributed by atoms with Crippen molar-refractivity contribution in [3.63, 3.8) is 0 Å². The summed E-state index contributed by atoms with van der Waals surface area (Å²) in [7, 11) is 0. The van der Waals surface area contributed by atoms with Crippen molar-refractivity contribution in [2.24, 2.45) is 5.92 Å². The van der Waals surface area contributed by atoms with E-state index in [1.165, 1.54) is 18.4 Å². The van der Waals surface area contributed by atoms with E-state index in [1.54, 1.807) is 0 Å². The van der Waals surface area contributed by atoms with Gasteiger partial charge < -0.3 is 5.11 Å². The third-order valence-corrected chi connectivity index (χ3v) is 3.05. The second-order valence-electron chi connectivity index (χ2n) is 4.60. The molecule has 0 saturated heterocycles. The molecule has 1 rings (SSSR count). The summed E-state index contributed by atoms with van der Waals surface area (Å²) in [6, 6.07) is 0. The van der Waals surface area contributed by atoms with Crippen LogP contribution in [0, 0.1) is 5.92 Å². The van der Waals surface area contributed by atoms with Gasteiger partial charge in [-0.2, -0.15) is 0 Å². The highest BCUT2D eigenvalue weighted by atomic mass is 16.3. The van der Waals surface area contributed by atoms with Crippen LogP contribution < -0.4 is 0 Å². The van der Waals surface area contributed by atoms with Crippen molar-refractivity contribution < 1.29 is 5.11 Å². The molecule has 0 radical (unpaired) electrons. The molecule has 1 nitrogen and oxygen atoms in total. The van der Waals surface area contributed by atoms with Gasteiger partial charge in [-0.15, -0.1) is 5.73 Å². The molecule has 0 bridgehead atoms. The van der Waals surface area contributed by atoms with Crippen molar-refractivity contribution in [2.75, 3.05) is 0 Å². The van der Waals surface area contributed by atoms with E-state index in [0.29, 0.717) is 5.92 Å². The highest BCUT2D eigenvalue weighted by Gasteiger charge is 2.14. The summed E-state index contributed by atoms with van der Waals surface area (Å²) >= 11 is 0. The first kappa shape index (κ1) is 11.6. The maximum absolute atomic E-state index is 9.87. The second kappa shape index (κ2) is 5.38. The Morgan fingerprint density at radius 3 is 2.71 bits per heavy atom. The van der Waals surface area contributed by atoms with Gasteiger partial charge >= 0.3 is 0 Å². The minimum Gasteiger partial charge on any atom is -0.388 e. The molecule has 1 saturated carbocycles. The average Bonchev–Trinajstić information content (AvgIpc) is 2.32. The zero-order valence-corrected chi connectivity index (χ0v) is 9.64. The Hall–Kier alpha value is -0.520. The van der Waals surface area contributed by atoms with Crippen LogP contribution in [-0.2, 0) is 0 Å². The van der Waals surface area contributed by atoms with Crippen molar-refractivity contribution in [3.05, 3.63) is 16.9 Å². The van der Waals surface area contributed by atoms with Crippen molar-refractivity contribution in [1.29, 1.82) is 0 Å². The lowest BCUT2D eigenvalue weighted by atomic mass is 10.0. The van der Waals surface area contributed by atoms with Gasteiger partial charge in [0.1, 0.15) is 0 Å². The van der Waals surface area contributed by atoms with Crippen molar-refractivity contribution in [2.45, 2.75) is 59.0 Å². The van der Waals surface area contributed by atoms with E-state index in [0.717, 1.165) is 24.8 Å². The fraction of sp³-hybridized carbons (Fsp3) is 0.769. The van der Waals surface area contributed by atoms with Gasteiger partial charge in [0.2, 0.25) is 0 Å². The second-order valence-corrected chi connectivity index (χ2v) is 4.60. The van der Waals surface area contributed by atoms with Crippen LogP contribution in [0.15, 0.2) is 16.9 Å². The Balaban J connectivity index is 2.86. The van der Waals surface area contributed by atoms with E-state index >= 15 is 0 Å². The molecule has 0 spiro atoms. The molecule has 0 heterocycles. The maximum Gasteiger partial charge on any atom is 0.0823 e. The van der Waals surface area contributed by atoms with Crippen LogP contribution in [0.5, 0.6) is 0 Å². The van der Waals surface area contributed by atoms with Crippen LogP contribution in [0.2, 0.25) is 0 Å². The van der Waals surface area contributed by atoms with Crippen LogP contribution in [-0.4, -0.2) is 11.2 Å². The van der Waals surface area contributed by atoms with Crippen LogP contribution >= 0.6 is 0 Å². The summed E-state index contributed by atoms with van der Waals surface area (Å²) in [6.07, 6.45) is 5.35. The average molecular weight is 194 g/mol. The third-order valence-electron chi connectivity index (χ3n) is 3.05. The first-order valence-corrected chi connectivity index (χ1v) is 5.75. The van der Waals surface area contributed by atoms with Crippen LogP contribution in [0.25, 0.3) is 0 Å². The van der Waals surface area contributed by atoms with Gasteiger partial charge in [-0.1, -0.05) is 26.7 Å². The highest BCUT2D eigenvalue weighted by molar-refractivity contribution is 5.13. The number of aliphatic hydroxyl groups is 1. The van der Waals surface area contributed by atoms with E-state index in [4.69, 9.17) is 0 Å². The van der Waals surface area contributed by atoms with Gasteiger partial charge in [0.15, 0.2) is 0 Å². The molecule has 80 valence electrons. The predicted molar refractivity (Wildman–Crippen MR) is 60.1 cm³/mol. The van der Waals surface area contributed by atoms with Gasteiger partial charge in [-0.05, 0) is 37.7 Å². The Morgan fingerprint density at radius 1 is 1.36 bits per heavy atom. The summed E-state index contributed by atoms with van der Waals surface area (Å²) in [5.41, 5.74) is 5.79. The lowest BCUT2D eigenvalue weighted by Crippen LogP contribution is -2.07. The van der Waals surface area contributed by atoms with E-state index in [9.17, 15) is 5.11 Å². The molecule has 1 aliphatic carbocycles. The van der Waals surface area contributed by atoms with Crippen molar-refractivity contribution in [3.8, 4) is 0 Å². The third kappa shape index (κ3) is 3.32. The molecule has 1 N–H and O–H groups in total. The van der Waals surface area contributed by atoms with Gasteiger partial charge in [0.25, 0.3) is 0 Å². The minimum atomic E-state index is -0.230. The lowest BCUT2D eigenvalue weighted by molar-refractivity contribution is 0.199. The zero-order valence-electron chi connectivity index (χ0n) is 9.64. The first-order chi connectivity index (χ1) is 6.61. The Kier molecular flexibility index (Phi) is 4.44. The van der Waals surface area contributed by atoms with E-state index in [2.05, 4.69) is 26.5 Å². The summed E-state index contributed by atoms with van der Waals surface area (Å²) in [5.74, 6) is 0.540. The molecule has 0 unspecified atom stereocenters. The number of aliphatic hydroxyl groups excluding tert-OH is 1. The molecule has 0 aromatic rings. The Labute approximate surface area is 87.5 Å². The monoisotopic (exact) mass is 194 g/mol. The molecule has 0 aromatic carbocycles. The van der Waals surface area contributed by atoms with E-state index < -0.39 is 0 Å². The fourth-order valence-corrected chi connectivity index (χ4v) is 1.71. The standard InChI is InChI=1S/C13H22O/c1-10(2)11(3)9-12-7-5-4-6-8-13(12)14/h10,13-14H,4-8H2,1-3H3/t9?,13-/m1/s1. The van der Waals surface area contributed by atoms with Crippen molar-refractivity contribution >= 4 is 0 Å². The molecular weight excluding hydrogens is 172 g/mol. The molecule has 0 amide bonds. The number of rotatable bonds is 1. The topological polar surface area (TPSA) is 20.2 Å². The molecule has 0 aliphatic heterocycles. The van der Waals surface area contributed by atoms with E-state index in [-0.39, 0.29) is 6.10 Å². The van der Waals surface area contributed by atoms with Crippen LogP contribution in [0.4, 0.5) is 0 Å². The number of hydrogen-bond acceptors (Lipinski definition) is 1. The Bertz CT molecular complexity index is 244. The summed E-state index contributed by atoms with van der Waals surface area (Å²) < 4.78 is 0. The normalized spacial score (nSPS) is 23.2. The van der Waals surface area contributed by atoms with Crippen LogP contribution in [0.1, 0.15) is 52.9 Å². The Morgan fingerprint density at radius 2 is 2.07 bits per heavy atom. The highest BCUT2D eigenvalue weighted by Crippen LogP contribution is 2.22. The summed E-state index contributed by atoms with van der Waals surface area (Å²) in [6.45, 7) is 6.45. The summed E-state index contributed by atoms with van der Waals surface area (Å²) in [5, 5.41) is 9.87. The molecule has 1 atom stereocenters. The van der Waals surface area contributed by atoms with Crippen molar-refractivity contribution in [1.82, 2.24) is 0 Å². The predicted octanol–water partition coefficient (Wildman–Crippen LogP) is 3.44. The van der Waals surface area contributed by atoms with Gasteiger partial charge in [0, 0.05) is 5.57 Å². The zero-order chi connectivity index (χ0) is 10.6. The van der Waals surface area contributed by atoms with Gasteiger partial charge in [0.05, 0.1) is 6.10 Å². The molecule has 0 aromatic heterocycles. The molecule has 1 heteroatoms. The van der Waals surface area contributed by atoms with Gasteiger partial charge in [-0.25, -0.2) is 0 Å². The fourth-order valence-electron chi connectivity index (χ4n) is 1.71. The largest absolute Gasteiger partial charge is 0.388 e. The maximum atomic E-state index is 9.87. The first-order valence-electron chi connectivity index (χ1n) is 5.75. The molecule has 1 fully saturated rings. The molecule has 1 aliphatic rings. The van der Waals surface area contributed by atoms with Crippen LogP contribution in [0.3, 0.4) is 0 Å². The van der Waals surface area contributed by atoms with Gasteiger partial charge in [-0.3, -0.25) is 0 Å².